The summed E-state index contributed by atoms with van der Waals surface area (Å²) >= 11 is 0. The molecule has 0 saturated heterocycles. The van der Waals surface area contributed by atoms with Crippen molar-refractivity contribution in [3.05, 3.63) is 29.6 Å². The van der Waals surface area contributed by atoms with E-state index in [0.717, 1.165) is 42.2 Å². The van der Waals surface area contributed by atoms with Crippen LogP contribution in [-0.4, -0.2) is 17.4 Å². The van der Waals surface area contributed by atoms with Crippen molar-refractivity contribution in [2.75, 3.05) is 6.54 Å². The van der Waals surface area contributed by atoms with Gasteiger partial charge in [-0.25, -0.2) is 4.57 Å². The minimum absolute atomic E-state index is 0.288. The summed E-state index contributed by atoms with van der Waals surface area (Å²) in [5.74, 6) is 1.41. The molecule has 0 unspecified atom stereocenters. The molecule has 0 spiro atoms. The molecule has 0 bridgehead atoms. The molecule has 18 heavy (non-hydrogen) atoms. The second-order valence-corrected chi connectivity index (χ2v) is 4.38. The number of carbonyl (C=O) groups is 1. The van der Waals surface area contributed by atoms with Gasteiger partial charge < -0.3 is 5.32 Å². The molecular formula is C12H10N5O+. The molecule has 3 heterocycles. The zero-order chi connectivity index (χ0) is 12.1. The van der Waals surface area contributed by atoms with Gasteiger partial charge in [0, 0.05) is 11.7 Å². The van der Waals surface area contributed by atoms with Crippen molar-refractivity contribution in [1.29, 1.82) is 0 Å². The third-order valence-electron chi connectivity index (χ3n) is 3.34. The van der Waals surface area contributed by atoms with Crippen LogP contribution in [0.15, 0.2) is 28.4 Å². The smallest absolute Gasteiger partial charge is 0.304 e. The Balaban J connectivity index is 2.18. The fourth-order valence-electron chi connectivity index (χ4n) is 2.51. The number of nitrogens with zero attached hydrogens (tertiary/aromatic N) is 4. The van der Waals surface area contributed by atoms with Crippen LogP contribution < -0.4 is 9.88 Å². The fourth-order valence-corrected chi connectivity index (χ4v) is 2.51. The number of carbonyl (C=O) groups excluding carboxylic acids is 1. The number of hydrogen-bond donors (Lipinski definition) is 1. The molecule has 0 aliphatic carbocycles. The number of aromatic nitrogens is 2. The van der Waals surface area contributed by atoms with E-state index in [9.17, 15) is 4.79 Å². The second-order valence-electron chi connectivity index (χ2n) is 4.38. The Morgan fingerprint density at radius 1 is 1.28 bits per heavy atom. The maximum absolute atomic E-state index is 11.7. The van der Waals surface area contributed by atoms with Crippen LogP contribution in [0.1, 0.15) is 16.2 Å². The van der Waals surface area contributed by atoms with Crippen molar-refractivity contribution < 1.29 is 9.36 Å². The highest BCUT2D eigenvalue weighted by atomic mass is 16.1. The van der Waals surface area contributed by atoms with Crippen molar-refractivity contribution in [3.63, 3.8) is 0 Å². The van der Waals surface area contributed by atoms with E-state index in [0.29, 0.717) is 5.56 Å². The van der Waals surface area contributed by atoms with Gasteiger partial charge in [0.2, 0.25) is 0 Å². The molecule has 1 amide bonds. The Morgan fingerprint density at radius 3 is 3.17 bits per heavy atom. The van der Waals surface area contributed by atoms with Crippen molar-refractivity contribution in [2.45, 2.75) is 13.1 Å². The first kappa shape index (κ1) is 9.78. The van der Waals surface area contributed by atoms with Crippen LogP contribution in [0, 0.1) is 0 Å². The molecule has 0 saturated carbocycles. The van der Waals surface area contributed by atoms with E-state index in [1.807, 2.05) is 16.7 Å². The van der Waals surface area contributed by atoms with Gasteiger partial charge in [0.05, 0.1) is 18.7 Å². The average molecular weight is 240 g/mol. The van der Waals surface area contributed by atoms with Crippen LogP contribution in [0.4, 0.5) is 5.82 Å². The Labute approximate surface area is 102 Å². The average Bonchev–Trinajstić information content (AvgIpc) is 2.42. The number of fused-ring (bicyclic) bond motifs is 2. The van der Waals surface area contributed by atoms with Crippen LogP contribution >= 0.6 is 0 Å². The van der Waals surface area contributed by atoms with Crippen LogP contribution in [-0.2, 0) is 13.1 Å². The van der Waals surface area contributed by atoms with Gasteiger partial charge in [-0.1, -0.05) is 6.07 Å². The van der Waals surface area contributed by atoms with Gasteiger partial charge in [0.25, 0.3) is 5.82 Å². The molecule has 0 fully saturated rings. The highest BCUT2D eigenvalue weighted by molar-refractivity contribution is 6.10. The number of hydrogen-bond acceptors (Lipinski definition) is 4. The summed E-state index contributed by atoms with van der Waals surface area (Å²) in [6.45, 7) is 2.40. The number of benzene rings is 1. The molecule has 2 aliphatic heterocycles. The maximum Gasteiger partial charge on any atom is 0.312 e. The first-order valence-electron chi connectivity index (χ1n) is 5.87. The van der Waals surface area contributed by atoms with Gasteiger partial charge in [0.15, 0.2) is 5.52 Å². The van der Waals surface area contributed by atoms with Gasteiger partial charge in [-0.2, -0.15) is 0 Å². The lowest BCUT2D eigenvalue weighted by atomic mass is 10.1. The molecule has 88 valence electrons. The first-order valence-corrected chi connectivity index (χ1v) is 5.87. The Bertz CT molecular complexity index is 722. The summed E-state index contributed by atoms with van der Waals surface area (Å²) in [5, 5.41) is 11.9. The molecule has 1 aromatic carbocycles. The van der Waals surface area contributed by atoms with Crippen molar-refractivity contribution in [1.82, 2.24) is 10.3 Å². The molecule has 2 aromatic rings. The van der Waals surface area contributed by atoms with E-state index in [1.54, 1.807) is 6.07 Å². The summed E-state index contributed by atoms with van der Waals surface area (Å²) in [6.07, 6.45) is 0. The molecule has 1 N–H and O–H groups in total. The molecular weight excluding hydrogens is 230 g/mol. The molecule has 0 atom stereocenters. The van der Waals surface area contributed by atoms with Crippen LogP contribution in [0.25, 0.3) is 10.9 Å². The minimum Gasteiger partial charge on any atom is -0.304 e. The summed E-state index contributed by atoms with van der Waals surface area (Å²) in [4.78, 5) is 16.3. The molecule has 6 heteroatoms. The largest absolute Gasteiger partial charge is 0.312 e. The van der Waals surface area contributed by atoms with Gasteiger partial charge >= 0.3 is 11.7 Å². The van der Waals surface area contributed by atoms with Gasteiger partial charge in [-0.15, -0.1) is 4.98 Å². The first-order chi connectivity index (χ1) is 8.84. The predicted molar refractivity (Wildman–Crippen MR) is 62.5 cm³/mol. The summed E-state index contributed by atoms with van der Waals surface area (Å²) in [6, 6.07) is 5.52. The standard InChI is InChI=1S/C12H10N5O/c18-12-7-2-1-3-8-10(7)11(15-16-12)17-5-4-13-6-9(17)14-8/h1-3,13H,4-6H2/q+1. The molecule has 1 aromatic heterocycles. The Morgan fingerprint density at radius 2 is 2.22 bits per heavy atom. The highest BCUT2D eigenvalue weighted by Crippen LogP contribution is 2.30. The van der Waals surface area contributed by atoms with Gasteiger partial charge in [0.1, 0.15) is 5.39 Å². The molecule has 2 aliphatic rings. The number of amides is 1. The monoisotopic (exact) mass is 240 g/mol. The Kier molecular flexibility index (Phi) is 1.84. The van der Waals surface area contributed by atoms with Crippen LogP contribution in [0.3, 0.4) is 0 Å². The zero-order valence-corrected chi connectivity index (χ0v) is 9.55. The van der Waals surface area contributed by atoms with Crippen LogP contribution in [0.2, 0.25) is 0 Å². The second kappa shape index (κ2) is 3.39. The number of azo groups is 1. The summed E-state index contributed by atoms with van der Waals surface area (Å²) in [5.41, 5.74) is 1.41. The molecule has 0 radical (unpaired) electrons. The molecule has 6 nitrogen and oxygen atoms in total. The van der Waals surface area contributed by atoms with E-state index < -0.39 is 0 Å². The lowest BCUT2D eigenvalue weighted by Gasteiger charge is -2.16. The number of rotatable bonds is 0. The quantitative estimate of drug-likeness (QED) is 0.694. The van der Waals surface area contributed by atoms with Gasteiger partial charge in [-0.05, 0) is 17.2 Å². The molecule has 4 rings (SSSR count). The van der Waals surface area contributed by atoms with Gasteiger partial charge in [-0.3, -0.25) is 4.79 Å². The van der Waals surface area contributed by atoms with E-state index >= 15 is 0 Å². The van der Waals surface area contributed by atoms with Crippen molar-refractivity contribution >= 4 is 22.6 Å². The number of nitrogens with one attached hydrogen (secondary N) is 1. The van der Waals surface area contributed by atoms with E-state index in [4.69, 9.17) is 0 Å². The predicted octanol–water partition coefficient (Wildman–Crippen LogP) is 0.863. The fraction of sp³-hybridized carbons (Fsp3) is 0.250. The maximum atomic E-state index is 11.7. The summed E-state index contributed by atoms with van der Waals surface area (Å²) < 4.78 is 2.04. The van der Waals surface area contributed by atoms with Crippen molar-refractivity contribution in [2.24, 2.45) is 10.2 Å². The topological polar surface area (TPSA) is 70.6 Å². The van der Waals surface area contributed by atoms with Crippen LogP contribution in [0.5, 0.6) is 0 Å². The Hall–Kier alpha value is -2.21. The normalized spacial score (nSPS) is 17.0. The van der Waals surface area contributed by atoms with E-state index in [1.165, 1.54) is 0 Å². The third-order valence-corrected chi connectivity index (χ3v) is 3.34. The lowest BCUT2D eigenvalue weighted by Crippen LogP contribution is -2.50. The zero-order valence-electron chi connectivity index (χ0n) is 9.55. The SMILES string of the molecule is O=C1N=Nc2c3c1cccc3nc1[n+]2CCNC1. The lowest BCUT2D eigenvalue weighted by molar-refractivity contribution is -0.697. The van der Waals surface area contributed by atoms with E-state index in [2.05, 4.69) is 20.5 Å². The minimum atomic E-state index is -0.288. The van der Waals surface area contributed by atoms with Crippen molar-refractivity contribution in [3.8, 4) is 0 Å². The highest BCUT2D eigenvalue weighted by Gasteiger charge is 2.30. The third kappa shape index (κ3) is 1.18. The summed E-state index contributed by atoms with van der Waals surface area (Å²) in [7, 11) is 0. The van der Waals surface area contributed by atoms with E-state index in [-0.39, 0.29) is 5.91 Å².